The molecule has 0 aliphatic rings. The topological polar surface area (TPSA) is 42.0 Å². The molecule has 3 rings (SSSR count). The predicted molar refractivity (Wildman–Crippen MR) is 102 cm³/mol. The fraction of sp³-hybridized carbons (Fsp3) is 0.182. The number of amides is 1. The summed E-state index contributed by atoms with van der Waals surface area (Å²) < 4.78 is 38.0. The molecule has 0 unspecified atom stereocenters. The number of aryl methyl sites for hydroxylation is 1. The van der Waals surface area contributed by atoms with E-state index in [0.29, 0.717) is 29.1 Å². The first-order valence-electron chi connectivity index (χ1n) is 8.82. The smallest absolute Gasteiger partial charge is 0.352 e. The molecule has 1 aromatic heterocycles. The molecule has 1 heterocycles. The third-order valence-corrected chi connectivity index (χ3v) is 4.38. The maximum Gasteiger partial charge on any atom is 0.416 e. The zero-order chi connectivity index (χ0) is 20.1. The first-order valence-corrected chi connectivity index (χ1v) is 8.82. The van der Waals surface area contributed by atoms with Crippen molar-refractivity contribution in [3.63, 3.8) is 0 Å². The van der Waals surface area contributed by atoms with Gasteiger partial charge in [-0.15, -0.1) is 0 Å². The van der Waals surface area contributed by atoms with Crippen LogP contribution >= 0.6 is 0 Å². The Morgan fingerprint density at radius 2 is 1.64 bits per heavy atom. The number of pyridine rings is 1. The van der Waals surface area contributed by atoms with E-state index < -0.39 is 11.7 Å². The molecule has 0 atom stereocenters. The van der Waals surface area contributed by atoms with E-state index in [1.165, 1.54) is 12.1 Å². The van der Waals surface area contributed by atoms with E-state index >= 15 is 0 Å². The van der Waals surface area contributed by atoms with Gasteiger partial charge in [0.15, 0.2) is 0 Å². The minimum absolute atomic E-state index is 0.222. The molecular formula is C22H19F3N2O. The minimum atomic E-state index is -4.37. The molecule has 0 bridgehead atoms. The second-order valence-corrected chi connectivity index (χ2v) is 6.40. The Kier molecular flexibility index (Phi) is 5.78. The average molecular weight is 384 g/mol. The molecule has 3 nitrogen and oxygen atoms in total. The average Bonchev–Trinajstić information content (AvgIpc) is 2.68. The Labute approximate surface area is 161 Å². The molecule has 28 heavy (non-hydrogen) atoms. The summed E-state index contributed by atoms with van der Waals surface area (Å²) in [7, 11) is 0. The molecule has 0 radical (unpaired) electrons. The predicted octanol–water partition coefficient (Wildman–Crippen LogP) is 5.05. The van der Waals surface area contributed by atoms with E-state index in [-0.39, 0.29) is 5.91 Å². The van der Waals surface area contributed by atoms with E-state index in [4.69, 9.17) is 0 Å². The number of carbonyl (C=O) groups excluding carboxylic acids is 1. The summed E-state index contributed by atoms with van der Waals surface area (Å²) in [6.07, 6.45) is -3.65. The molecule has 0 aliphatic carbocycles. The Morgan fingerprint density at radius 3 is 2.25 bits per heavy atom. The van der Waals surface area contributed by atoms with Crippen LogP contribution < -0.4 is 5.32 Å². The number of nitrogens with one attached hydrogen (secondary N) is 1. The second kappa shape index (κ2) is 8.25. The third kappa shape index (κ3) is 4.76. The Morgan fingerprint density at radius 1 is 0.964 bits per heavy atom. The minimum Gasteiger partial charge on any atom is -0.352 e. The number of aromatic nitrogens is 1. The molecular weight excluding hydrogens is 365 g/mol. The van der Waals surface area contributed by atoms with Crippen molar-refractivity contribution in [3.05, 3.63) is 89.1 Å². The Balaban J connectivity index is 1.67. The van der Waals surface area contributed by atoms with Crippen LogP contribution in [0.15, 0.2) is 66.7 Å². The molecule has 0 fully saturated rings. The lowest BCUT2D eigenvalue weighted by atomic mass is 10.1. The van der Waals surface area contributed by atoms with Crippen LogP contribution in [-0.2, 0) is 12.6 Å². The highest BCUT2D eigenvalue weighted by Crippen LogP contribution is 2.30. The van der Waals surface area contributed by atoms with Crippen LogP contribution in [0, 0.1) is 6.92 Å². The second-order valence-electron chi connectivity index (χ2n) is 6.40. The highest BCUT2D eigenvalue weighted by molar-refractivity contribution is 5.95. The highest BCUT2D eigenvalue weighted by Gasteiger charge is 2.30. The van der Waals surface area contributed by atoms with E-state index in [1.54, 1.807) is 19.1 Å². The van der Waals surface area contributed by atoms with Crippen LogP contribution in [0.4, 0.5) is 13.2 Å². The van der Waals surface area contributed by atoms with E-state index in [9.17, 15) is 18.0 Å². The van der Waals surface area contributed by atoms with Gasteiger partial charge in [-0.3, -0.25) is 9.78 Å². The van der Waals surface area contributed by atoms with Crippen LogP contribution in [-0.4, -0.2) is 17.4 Å². The van der Waals surface area contributed by atoms with Gasteiger partial charge < -0.3 is 5.32 Å². The number of nitrogens with zero attached hydrogens (tertiary/aromatic N) is 1. The SMILES string of the molecule is Cc1nc(-c2ccc(C(F)(F)F)cc2)ccc1C(=O)NCCc1ccccc1. The first-order chi connectivity index (χ1) is 13.3. The summed E-state index contributed by atoms with van der Waals surface area (Å²) in [6.45, 7) is 2.21. The number of halogens is 3. The quantitative estimate of drug-likeness (QED) is 0.669. The van der Waals surface area contributed by atoms with Crippen molar-refractivity contribution in [2.45, 2.75) is 19.5 Å². The molecule has 0 saturated carbocycles. The summed E-state index contributed by atoms with van der Waals surface area (Å²) in [4.78, 5) is 16.8. The molecule has 0 saturated heterocycles. The zero-order valence-corrected chi connectivity index (χ0v) is 15.3. The van der Waals surface area contributed by atoms with Gasteiger partial charge in [0.1, 0.15) is 0 Å². The van der Waals surface area contributed by atoms with Crippen LogP contribution in [0.2, 0.25) is 0 Å². The van der Waals surface area contributed by atoms with Crippen LogP contribution in [0.25, 0.3) is 11.3 Å². The van der Waals surface area contributed by atoms with Gasteiger partial charge in [0, 0.05) is 12.1 Å². The maximum absolute atomic E-state index is 12.7. The summed E-state index contributed by atoms with van der Waals surface area (Å²) >= 11 is 0. The molecule has 1 N–H and O–H groups in total. The van der Waals surface area contributed by atoms with E-state index in [0.717, 1.165) is 24.1 Å². The summed E-state index contributed by atoms with van der Waals surface area (Å²) in [5, 5.41) is 2.87. The fourth-order valence-electron chi connectivity index (χ4n) is 2.85. The Bertz CT molecular complexity index is 952. The zero-order valence-electron chi connectivity index (χ0n) is 15.3. The largest absolute Gasteiger partial charge is 0.416 e. The van der Waals surface area contributed by atoms with Gasteiger partial charge in [0.05, 0.1) is 22.5 Å². The van der Waals surface area contributed by atoms with Crippen LogP contribution in [0.3, 0.4) is 0 Å². The maximum atomic E-state index is 12.7. The fourth-order valence-corrected chi connectivity index (χ4v) is 2.85. The van der Waals surface area contributed by atoms with Gasteiger partial charge in [0.2, 0.25) is 0 Å². The van der Waals surface area contributed by atoms with Gasteiger partial charge >= 0.3 is 6.18 Å². The number of alkyl halides is 3. The summed E-state index contributed by atoms with van der Waals surface area (Å²) in [6, 6.07) is 17.9. The van der Waals surface area contributed by atoms with Crippen molar-refractivity contribution >= 4 is 5.91 Å². The van der Waals surface area contributed by atoms with Crippen molar-refractivity contribution in [3.8, 4) is 11.3 Å². The van der Waals surface area contributed by atoms with Crippen LogP contribution in [0.1, 0.15) is 27.2 Å². The van der Waals surface area contributed by atoms with Gasteiger partial charge in [-0.1, -0.05) is 42.5 Å². The summed E-state index contributed by atoms with van der Waals surface area (Å²) in [5.41, 5.74) is 2.48. The Hall–Kier alpha value is -3.15. The lowest BCUT2D eigenvalue weighted by Gasteiger charge is -2.10. The number of carbonyl (C=O) groups is 1. The van der Waals surface area contributed by atoms with Crippen molar-refractivity contribution in [2.75, 3.05) is 6.54 Å². The number of hydrogen-bond donors (Lipinski definition) is 1. The van der Waals surface area contributed by atoms with Gasteiger partial charge in [-0.05, 0) is 43.2 Å². The highest BCUT2D eigenvalue weighted by atomic mass is 19.4. The lowest BCUT2D eigenvalue weighted by molar-refractivity contribution is -0.137. The molecule has 2 aromatic carbocycles. The van der Waals surface area contributed by atoms with Crippen LogP contribution in [0.5, 0.6) is 0 Å². The van der Waals surface area contributed by atoms with Gasteiger partial charge in [-0.2, -0.15) is 13.2 Å². The number of benzene rings is 2. The lowest BCUT2D eigenvalue weighted by Crippen LogP contribution is -2.26. The molecule has 0 aliphatic heterocycles. The summed E-state index contributed by atoms with van der Waals surface area (Å²) in [5.74, 6) is -0.222. The van der Waals surface area contributed by atoms with E-state index in [2.05, 4.69) is 10.3 Å². The van der Waals surface area contributed by atoms with Crippen molar-refractivity contribution in [1.29, 1.82) is 0 Å². The third-order valence-electron chi connectivity index (χ3n) is 4.38. The molecule has 144 valence electrons. The van der Waals surface area contributed by atoms with Crippen molar-refractivity contribution < 1.29 is 18.0 Å². The standard InChI is InChI=1S/C22H19F3N2O/c1-15-19(21(28)26-14-13-16-5-3-2-4-6-16)11-12-20(27-15)17-7-9-18(10-8-17)22(23,24)25/h2-12H,13-14H2,1H3,(H,26,28). The van der Waals surface area contributed by atoms with E-state index in [1.807, 2.05) is 30.3 Å². The van der Waals surface area contributed by atoms with Gasteiger partial charge in [-0.25, -0.2) is 0 Å². The van der Waals surface area contributed by atoms with Crippen molar-refractivity contribution in [1.82, 2.24) is 10.3 Å². The normalized spacial score (nSPS) is 11.3. The van der Waals surface area contributed by atoms with Gasteiger partial charge in [0.25, 0.3) is 5.91 Å². The number of hydrogen-bond acceptors (Lipinski definition) is 2. The number of rotatable bonds is 5. The molecule has 1 amide bonds. The first kappa shape index (κ1) is 19.6. The monoisotopic (exact) mass is 384 g/mol. The molecule has 6 heteroatoms. The molecule has 3 aromatic rings. The van der Waals surface area contributed by atoms with Crippen molar-refractivity contribution in [2.24, 2.45) is 0 Å². The molecule has 0 spiro atoms.